The number of hydrogen-bond donors (Lipinski definition) is 1. The zero-order valence-electron chi connectivity index (χ0n) is 11.4. The number of benzene rings is 1. The Labute approximate surface area is 113 Å². The highest BCUT2D eigenvalue weighted by molar-refractivity contribution is 7.98. The van der Waals surface area contributed by atoms with Crippen LogP contribution in [0.3, 0.4) is 0 Å². The minimum atomic E-state index is -0.724. The van der Waals surface area contributed by atoms with Crippen molar-refractivity contribution in [1.29, 1.82) is 0 Å². The van der Waals surface area contributed by atoms with E-state index < -0.39 is 5.97 Å². The van der Waals surface area contributed by atoms with Crippen LogP contribution in [0.15, 0.2) is 29.2 Å². The van der Waals surface area contributed by atoms with E-state index in [4.69, 9.17) is 0 Å². The van der Waals surface area contributed by atoms with Crippen LogP contribution in [0.5, 0.6) is 0 Å². The van der Waals surface area contributed by atoms with Crippen molar-refractivity contribution >= 4 is 23.4 Å². The number of thioether (sulfide) groups is 1. The summed E-state index contributed by atoms with van der Waals surface area (Å²) in [5.74, 6) is -0.928. The van der Waals surface area contributed by atoms with Gasteiger partial charge in [-0.05, 0) is 36.4 Å². The molecule has 1 N–H and O–H groups in total. The standard InChI is InChI=1S/C14H21NO2S/c1-10(2)13(14(16)17)9-15(3)11-5-7-12(18-4)8-6-11/h5-8,10,13H,9H2,1-4H3,(H,16,17). The van der Waals surface area contributed by atoms with Crippen LogP contribution < -0.4 is 4.90 Å². The quantitative estimate of drug-likeness (QED) is 0.804. The molecule has 1 atom stereocenters. The fourth-order valence-electron chi connectivity index (χ4n) is 1.81. The van der Waals surface area contributed by atoms with Gasteiger partial charge in [0.2, 0.25) is 0 Å². The van der Waals surface area contributed by atoms with Crippen molar-refractivity contribution in [3.8, 4) is 0 Å². The normalized spacial score (nSPS) is 12.5. The number of rotatable bonds is 6. The summed E-state index contributed by atoms with van der Waals surface area (Å²) in [4.78, 5) is 14.4. The number of carboxylic acid groups (broad SMARTS) is 1. The fourth-order valence-corrected chi connectivity index (χ4v) is 2.22. The summed E-state index contributed by atoms with van der Waals surface area (Å²) in [5, 5.41) is 9.19. The lowest BCUT2D eigenvalue weighted by Gasteiger charge is -2.25. The third-order valence-electron chi connectivity index (χ3n) is 3.11. The van der Waals surface area contributed by atoms with Gasteiger partial charge in [0.25, 0.3) is 0 Å². The third-order valence-corrected chi connectivity index (χ3v) is 3.85. The van der Waals surface area contributed by atoms with Gasteiger partial charge in [-0.1, -0.05) is 13.8 Å². The number of nitrogens with zero attached hydrogens (tertiary/aromatic N) is 1. The maximum absolute atomic E-state index is 11.2. The molecule has 0 aliphatic heterocycles. The zero-order chi connectivity index (χ0) is 13.7. The molecule has 0 radical (unpaired) electrons. The van der Waals surface area contributed by atoms with Crippen molar-refractivity contribution in [3.05, 3.63) is 24.3 Å². The van der Waals surface area contributed by atoms with Crippen molar-refractivity contribution < 1.29 is 9.90 Å². The van der Waals surface area contributed by atoms with Gasteiger partial charge in [0, 0.05) is 24.2 Å². The molecule has 0 saturated heterocycles. The maximum Gasteiger partial charge on any atom is 0.308 e. The van der Waals surface area contributed by atoms with Gasteiger partial charge in [-0.2, -0.15) is 0 Å². The van der Waals surface area contributed by atoms with Crippen molar-refractivity contribution in [3.63, 3.8) is 0 Å². The van der Waals surface area contributed by atoms with Crippen molar-refractivity contribution in [2.24, 2.45) is 11.8 Å². The molecule has 0 aromatic heterocycles. The van der Waals surface area contributed by atoms with Gasteiger partial charge in [-0.25, -0.2) is 0 Å². The molecule has 4 heteroatoms. The molecule has 3 nitrogen and oxygen atoms in total. The second-order valence-corrected chi connectivity index (χ2v) is 5.65. The summed E-state index contributed by atoms with van der Waals surface area (Å²) >= 11 is 1.70. The van der Waals surface area contributed by atoms with Crippen LogP contribution in [-0.4, -0.2) is 30.9 Å². The van der Waals surface area contributed by atoms with Crippen LogP contribution in [-0.2, 0) is 4.79 Å². The first-order valence-corrected chi connectivity index (χ1v) is 7.26. The zero-order valence-corrected chi connectivity index (χ0v) is 12.2. The number of aliphatic carboxylic acids is 1. The molecule has 1 rings (SSSR count). The van der Waals surface area contributed by atoms with E-state index in [1.165, 1.54) is 4.90 Å². The lowest BCUT2D eigenvalue weighted by Crippen LogP contribution is -2.33. The number of carboxylic acids is 1. The Bertz CT molecular complexity index is 389. The Balaban J connectivity index is 2.73. The van der Waals surface area contributed by atoms with E-state index in [9.17, 15) is 9.90 Å². The fraction of sp³-hybridized carbons (Fsp3) is 0.500. The van der Waals surface area contributed by atoms with Crippen LogP contribution in [0.2, 0.25) is 0 Å². The molecule has 0 aliphatic rings. The Morgan fingerprint density at radius 1 is 1.33 bits per heavy atom. The van der Waals surface area contributed by atoms with Gasteiger partial charge < -0.3 is 10.0 Å². The van der Waals surface area contributed by atoms with Crippen LogP contribution in [0, 0.1) is 11.8 Å². The first-order valence-electron chi connectivity index (χ1n) is 6.03. The topological polar surface area (TPSA) is 40.5 Å². The molecule has 1 unspecified atom stereocenters. The molecule has 0 heterocycles. The molecule has 1 aromatic rings. The minimum Gasteiger partial charge on any atom is -0.481 e. The predicted molar refractivity (Wildman–Crippen MR) is 77.5 cm³/mol. The van der Waals surface area contributed by atoms with Crippen molar-refractivity contribution in [2.45, 2.75) is 18.7 Å². The molecule has 100 valence electrons. The summed E-state index contributed by atoms with van der Waals surface area (Å²) < 4.78 is 0. The highest BCUT2D eigenvalue weighted by atomic mass is 32.2. The SMILES string of the molecule is CSc1ccc(N(C)CC(C(=O)O)C(C)C)cc1. The molecule has 0 spiro atoms. The largest absolute Gasteiger partial charge is 0.481 e. The van der Waals surface area contributed by atoms with Gasteiger partial charge in [-0.3, -0.25) is 4.79 Å². The molecular formula is C14H21NO2S. The highest BCUT2D eigenvalue weighted by Crippen LogP contribution is 2.21. The molecule has 0 amide bonds. The van der Waals surface area contributed by atoms with E-state index in [-0.39, 0.29) is 11.8 Å². The third kappa shape index (κ3) is 3.95. The lowest BCUT2D eigenvalue weighted by atomic mass is 9.95. The summed E-state index contributed by atoms with van der Waals surface area (Å²) in [6.07, 6.45) is 2.04. The molecule has 1 aromatic carbocycles. The van der Waals surface area contributed by atoms with E-state index in [1.807, 2.05) is 44.2 Å². The Morgan fingerprint density at radius 3 is 2.28 bits per heavy atom. The molecule has 0 bridgehead atoms. The Hall–Kier alpha value is -1.16. The van der Waals surface area contributed by atoms with E-state index in [1.54, 1.807) is 11.8 Å². The van der Waals surface area contributed by atoms with E-state index in [0.717, 1.165) is 5.69 Å². The maximum atomic E-state index is 11.2. The summed E-state index contributed by atoms with van der Waals surface area (Å²) in [6, 6.07) is 8.18. The van der Waals surface area contributed by atoms with Crippen LogP contribution in [0.25, 0.3) is 0 Å². The van der Waals surface area contributed by atoms with E-state index in [0.29, 0.717) is 6.54 Å². The molecule has 18 heavy (non-hydrogen) atoms. The molecule has 0 fully saturated rings. The van der Waals surface area contributed by atoms with Gasteiger partial charge in [-0.15, -0.1) is 11.8 Å². The van der Waals surface area contributed by atoms with E-state index >= 15 is 0 Å². The summed E-state index contributed by atoms with van der Waals surface area (Å²) in [7, 11) is 1.94. The summed E-state index contributed by atoms with van der Waals surface area (Å²) in [5.41, 5.74) is 1.06. The van der Waals surface area contributed by atoms with Gasteiger partial charge in [0.1, 0.15) is 0 Å². The van der Waals surface area contributed by atoms with Gasteiger partial charge in [0.05, 0.1) is 5.92 Å². The molecule has 0 saturated carbocycles. The van der Waals surface area contributed by atoms with Gasteiger partial charge in [0.15, 0.2) is 0 Å². The van der Waals surface area contributed by atoms with E-state index in [2.05, 4.69) is 12.1 Å². The monoisotopic (exact) mass is 267 g/mol. The van der Waals surface area contributed by atoms with Crippen LogP contribution in [0.4, 0.5) is 5.69 Å². The average molecular weight is 267 g/mol. The smallest absolute Gasteiger partial charge is 0.308 e. The number of carbonyl (C=O) groups is 1. The van der Waals surface area contributed by atoms with Crippen molar-refractivity contribution in [2.75, 3.05) is 24.7 Å². The molecular weight excluding hydrogens is 246 g/mol. The predicted octanol–water partition coefficient (Wildman–Crippen LogP) is 3.20. The number of hydrogen-bond acceptors (Lipinski definition) is 3. The highest BCUT2D eigenvalue weighted by Gasteiger charge is 2.23. The first kappa shape index (κ1) is 14.9. The first-order chi connectivity index (χ1) is 8.45. The second kappa shape index (κ2) is 6.69. The lowest BCUT2D eigenvalue weighted by molar-refractivity contribution is -0.142. The van der Waals surface area contributed by atoms with Crippen LogP contribution >= 0.6 is 11.8 Å². The van der Waals surface area contributed by atoms with Gasteiger partial charge >= 0.3 is 5.97 Å². The Kier molecular flexibility index (Phi) is 5.54. The van der Waals surface area contributed by atoms with Crippen LogP contribution in [0.1, 0.15) is 13.8 Å². The Morgan fingerprint density at radius 2 is 1.89 bits per heavy atom. The average Bonchev–Trinajstić information content (AvgIpc) is 2.35. The summed E-state index contributed by atoms with van der Waals surface area (Å²) in [6.45, 7) is 4.43. The second-order valence-electron chi connectivity index (χ2n) is 4.77. The molecule has 0 aliphatic carbocycles. The number of anilines is 1. The van der Waals surface area contributed by atoms with Crippen molar-refractivity contribution in [1.82, 2.24) is 0 Å². The minimum absolute atomic E-state index is 0.135.